The molecule has 0 aliphatic heterocycles. The molecule has 0 saturated carbocycles. The van der Waals surface area contributed by atoms with Crippen LogP contribution < -0.4 is 16.4 Å². The summed E-state index contributed by atoms with van der Waals surface area (Å²) < 4.78 is 0. The summed E-state index contributed by atoms with van der Waals surface area (Å²) in [6.07, 6.45) is 0.804. The maximum Gasteiger partial charge on any atom is 0.232 e. The van der Waals surface area contributed by atoms with Crippen LogP contribution in [-0.2, 0) is 11.2 Å². The fourth-order valence-electron chi connectivity index (χ4n) is 2.84. The lowest BCUT2D eigenvalue weighted by atomic mass is 10.1. The molecule has 0 aliphatic carbocycles. The van der Waals surface area contributed by atoms with Crippen molar-refractivity contribution in [2.45, 2.75) is 30.8 Å². The van der Waals surface area contributed by atoms with Crippen LogP contribution in [-0.4, -0.2) is 32.7 Å². The minimum absolute atomic E-state index is 0.00700. The highest BCUT2D eigenvalue weighted by Gasteiger charge is 2.20. The first-order valence-corrected chi connectivity index (χ1v) is 10.8. The van der Waals surface area contributed by atoms with Crippen molar-refractivity contribution in [2.24, 2.45) is 0 Å². The molecule has 30 heavy (non-hydrogen) atoms. The van der Waals surface area contributed by atoms with E-state index in [-0.39, 0.29) is 22.4 Å². The quantitative estimate of drug-likeness (QED) is 0.482. The summed E-state index contributed by atoms with van der Waals surface area (Å²) in [4.78, 5) is 25.3. The predicted molar refractivity (Wildman–Crippen MR) is 123 cm³/mol. The molecule has 4 N–H and O–H groups in total. The Morgan fingerprint density at radius 3 is 2.37 bits per heavy atom. The third kappa shape index (κ3) is 6.45. The lowest BCUT2D eigenvalue weighted by Crippen LogP contribution is -2.32. The summed E-state index contributed by atoms with van der Waals surface area (Å²) in [6, 6.07) is 19.7. The van der Waals surface area contributed by atoms with Crippen molar-refractivity contribution < 1.29 is 4.79 Å². The number of hydrogen-bond donors (Lipinski definition) is 3. The molecule has 3 rings (SSSR count). The Kier molecular flexibility index (Phi) is 7.62. The predicted octanol–water partition coefficient (Wildman–Crippen LogP) is 3.74. The Morgan fingerprint density at radius 2 is 1.67 bits per heavy atom. The van der Waals surface area contributed by atoms with E-state index in [2.05, 4.69) is 37.7 Å². The molecule has 2 aromatic carbocycles. The van der Waals surface area contributed by atoms with Crippen molar-refractivity contribution in [1.29, 1.82) is 0 Å². The summed E-state index contributed by atoms with van der Waals surface area (Å²) >= 11 is 1.48. The van der Waals surface area contributed by atoms with Crippen LogP contribution in [0, 0.1) is 0 Å². The van der Waals surface area contributed by atoms with Crippen molar-refractivity contribution in [3.8, 4) is 0 Å². The third-order valence-electron chi connectivity index (χ3n) is 4.40. The van der Waals surface area contributed by atoms with Crippen LogP contribution in [0.15, 0.2) is 60.7 Å². The number of para-hydroxylation sites is 1. The number of nitrogens with one attached hydrogen (secondary N) is 2. The molecule has 0 saturated heterocycles. The van der Waals surface area contributed by atoms with Crippen molar-refractivity contribution in [3.63, 3.8) is 0 Å². The minimum Gasteiger partial charge on any atom is -0.368 e. The summed E-state index contributed by atoms with van der Waals surface area (Å²) in [7, 11) is 0. The molecular formula is C22H26N6OS. The number of nitrogens with two attached hydrogens (primary N) is 1. The zero-order valence-electron chi connectivity index (χ0n) is 17.1. The highest BCUT2D eigenvalue weighted by molar-refractivity contribution is 8.00. The number of anilines is 3. The second-order valence-electron chi connectivity index (χ2n) is 6.81. The van der Waals surface area contributed by atoms with E-state index in [1.807, 2.05) is 62.4 Å². The van der Waals surface area contributed by atoms with E-state index in [4.69, 9.17) is 5.73 Å². The molecule has 7 nitrogen and oxygen atoms in total. The Bertz CT molecular complexity index is 954. The van der Waals surface area contributed by atoms with Crippen LogP contribution >= 0.6 is 11.8 Å². The summed E-state index contributed by atoms with van der Waals surface area (Å²) in [5, 5.41) is 5.75. The molecule has 156 valence electrons. The molecule has 0 aliphatic rings. The summed E-state index contributed by atoms with van der Waals surface area (Å²) in [6.45, 7) is 4.44. The van der Waals surface area contributed by atoms with Gasteiger partial charge in [0.25, 0.3) is 0 Å². The number of carbonyl (C=O) groups is 1. The number of nitrogens with zero attached hydrogens (tertiary/aromatic N) is 3. The maximum atomic E-state index is 12.5. The number of hydrogen-bond acceptors (Lipinski definition) is 7. The van der Waals surface area contributed by atoms with Gasteiger partial charge in [-0.05, 0) is 38.0 Å². The Labute approximate surface area is 180 Å². The van der Waals surface area contributed by atoms with Crippen LogP contribution in [0.1, 0.15) is 30.5 Å². The van der Waals surface area contributed by atoms with Crippen molar-refractivity contribution in [2.75, 3.05) is 17.6 Å². The monoisotopic (exact) mass is 422 g/mol. The minimum atomic E-state index is -0.251. The second kappa shape index (κ2) is 10.6. The molecule has 0 radical (unpaired) electrons. The molecule has 0 spiro atoms. The van der Waals surface area contributed by atoms with Crippen LogP contribution in [0.5, 0.6) is 0 Å². The molecule has 0 bridgehead atoms. The fraction of sp³-hybridized carbons (Fsp3) is 0.273. The average Bonchev–Trinajstić information content (AvgIpc) is 2.74. The maximum absolute atomic E-state index is 12.5. The molecule has 0 fully saturated rings. The number of aromatic nitrogens is 3. The van der Waals surface area contributed by atoms with Gasteiger partial charge in [0, 0.05) is 12.2 Å². The number of benzene rings is 2. The van der Waals surface area contributed by atoms with E-state index >= 15 is 0 Å². The van der Waals surface area contributed by atoms with Gasteiger partial charge in [-0.3, -0.25) is 4.79 Å². The number of thioether (sulfide) groups is 1. The summed E-state index contributed by atoms with van der Waals surface area (Å²) in [5.41, 5.74) is 7.93. The smallest absolute Gasteiger partial charge is 0.232 e. The zero-order chi connectivity index (χ0) is 21.3. The topological polar surface area (TPSA) is 106 Å². The molecule has 3 aromatic rings. The van der Waals surface area contributed by atoms with Gasteiger partial charge in [-0.15, -0.1) is 11.8 Å². The highest BCUT2D eigenvalue weighted by atomic mass is 32.2. The van der Waals surface area contributed by atoms with Gasteiger partial charge in [0.15, 0.2) is 0 Å². The average molecular weight is 423 g/mol. The largest absolute Gasteiger partial charge is 0.368 e. The van der Waals surface area contributed by atoms with E-state index < -0.39 is 0 Å². The van der Waals surface area contributed by atoms with E-state index in [0.29, 0.717) is 18.3 Å². The van der Waals surface area contributed by atoms with Gasteiger partial charge in [-0.2, -0.15) is 15.0 Å². The Hall–Kier alpha value is -3.13. The molecule has 1 heterocycles. The standard InChI is InChI=1S/C22H26N6OS/c1-15(30-16(2)20(29)24-14-13-17-9-5-3-6-10-17)19-26-21(23)28-22(27-19)25-18-11-7-4-8-12-18/h3-12,15-16H,13-14H2,1-2H3,(H,24,29)(H3,23,25,26,27,28). The van der Waals surface area contributed by atoms with Gasteiger partial charge >= 0.3 is 0 Å². The van der Waals surface area contributed by atoms with Gasteiger partial charge in [0.05, 0.1) is 10.5 Å². The molecule has 8 heteroatoms. The fourth-order valence-corrected chi connectivity index (χ4v) is 3.89. The van der Waals surface area contributed by atoms with Gasteiger partial charge in [-0.25, -0.2) is 0 Å². The van der Waals surface area contributed by atoms with E-state index in [1.54, 1.807) is 0 Å². The Morgan fingerprint density at radius 1 is 1.00 bits per heavy atom. The number of rotatable bonds is 9. The van der Waals surface area contributed by atoms with Gasteiger partial charge < -0.3 is 16.4 Å². The van der Waals surface area contributed by atoms with Crippen LogP contribution in [0.25, 0.3) is 0 Å². The molecule has 1 amide bonds. The number of carbonyl (C=O) groups excluding carboxylic acids is 1. The molecule has 1 aromatic heterocycles. The van der Waals surface area contributed by atoms with Crippen molar-refractivity contribution >= 4 is 35.3 Å². The van der Waals surface area contributed by atoms with E-state index in [0.717, 1.165) is 12.1 Å². The van der Waals surface area contributed by atoms with Crippen molar-refractivity contribution in [3.05, 3.63) is 72.1 Å². The van der Waals surface area contributed by atoms with Crippen LogP contribution in [0.2, 0.25) is 0 Å². The Balaban J connectivity index is 1.55. The van der Waals surface area contributed by atoms with E-state index in [9.17, 15) is 4.79 Å². The first-order chi connectivity index (χ1) is 14.5. The van der Waals surface area contributed by atoms with Crippen LogP contribution in [0.4, 0.5) is 17.6 Å². The highest BCUT2D eigenvalue weighted by Crippen LogP contribution is 2.30. The van der Waals surface area contributed by atoms with E-state index in [1.165, 1.54) is 17.3 Å². The van der Waals surface area contributed by atoms with Gasteiger partial charge in [-0.1, -0.05) is 48.5 Å². The number of nitrogen functional groups attached to an aromatic ring is 1. The number of amides is 1. The molecule has 2 unspecified atom stereocenters. The first-order valence-electron chi connectivity index (χ1n) is 9.82. The molecule has 2 atom stereocenters. The third-order valence-corrected chi connectivity index (χ3v) is 5.64. The zero-order valence-corrected chi connectivity index (χ0v) is 17.9. The SMILES string of the molecule is CC(SC(C)c1nc(N)nc(Nc2ccccc2)n1)C(=O)NCCc1ccccc1. The second-order valence-corrected chi connectivity index (χ2v) is 8.50. The lowest BCUT2D eigenvalue weighted by molar-refractivity contribution is -0.120. The van der Waals surface area contributed by atoms with Gasteiger partial charge in [0.1, 0.15) is 5.82 Å². The first kappa shape index (κ1) is 21.6. The van der Waals surface area contributed by atoms with Crippen LogP contribution in [0.3, 0.4) is 0 Å². The normalized spacial score (nSPS) is 12.7. The summed E-state index contributed by atoms with van der Waals surface area (Å²) in [5.74, 6) is 1.06. The lowest BCUT2D eigenvalue weighted by Gasteiger charge is -2.17. The van der Waals surface area contributed by atoms with Gasteiger partial charge in [0.2, 0.25) is 17.8 Å². The van der Waals surface area contributed by atoms with Crippen molar-refractivity contribution in [1.82, 2.24) is 20.3 Å². The molecular weight excluding hydrogens is 396 g/mol.